The minimum Gasteiger partial charge on any atom is -0.446 e. The number of carbonyl (C=O) groups is 1. The van der Waals surface area contributed by atoms with E-state index in [0.717, 1.165) is 5.56 Å². The molecule has 0 saturated carbocycles. The second-order valence-electron chi connectivity index (χ2n) is 4.13. The van der Waals surface area contributed by atoms with E-state index >= 15 is 0 Å². The first-order valence-electron chi connectivity index (χ1n) is 5.92. The molecule has 1 atom stereocenters. The Kier molecular flexibility index (Phi) is 3.99. The fourth-order valence-corrected chi connectivity index (χ4v) is 1.59. The predicted octanol–water partition coefficient (Wildman–Crippen LogP) is 2.11. The summed E-state index contributed by atoms with van der Waals surface area (Å²) >= 11 is 0. The van der Waals surface area contributed by atoms with Gasteiger partial charge in [-0.3, -0.25) is 4.68 Å². The van der Waals surface area contributed by atoms with Crippen LogP contribution in [0.3, 0.4) is 0 Å². The highest BCUT2D eigenvalue weighted by Gasteiger charge is 2.12. The minimum absolute atomic E-state index is 0.401. The molecule has 4 heteroatoms. The van der Waals surface area contributed by atoms with Crippen molar-refractivity contribution in [2.45, 2.75) is 19.6 Å². The molecule has 0 bridgehead atoms. The van der Waals surface area contributed by atoms with Gasteiger partial charge in [0.25, 0.3) is 0 Å². The second kappa shape index (κ2) is 5.87. The van der Waals surface area contributed by atoms with Crippen LogP contribution in [0, 0.1) is 12.3 Å². The van der Waals surface area contributed by atoms with Crippen LogP contribution in [0.15, 0.2) is 42.7 Å². The summed E-state index contributed by atoms with van der Waals surface area (Å²) in [6, 6.07) is 9.88. The lowest BCUT2D eigenvalue weighted by Gasteiger charge is -2.04. The fourth-order valence-electron chi connectivity index (χ4n) is 1.59. The number of hydrogen-bond acceptors (Lipinski definition) is 3. The van der Waals surface area contributed by atoms with Crippen LogP contribution in [0.25, 0.3) is 0 Å². The smallest absolute Gasteiger partial charge is 0.342 e. The van der Waals surface area contributed by atoms with Gasteiger partial charge in [-0.2, -0.15) is 5.10 Å². The van der Waals surface area contributed by atoms with Crippen LogP contribution in [0.2, 0.25) is 0 Å². The Labute approximate surface area is 112 Å². The highest BCUT2D eigenvalue weighted by Crippen LogP contribution is 2.06. The van der Waals surface area contributed by atoms with Crippen molar-refractivity contribution >= 4 is 5.97 Å². The van der Waals surface area contributed by atoms with E-state index in [9.17, 15) is 4.79 Å². The molecule has 19 heavy (non-hydrogen) atoms. The van der Waals surface area contributed by atoms with Crippen molar-refractivity contribution in [3.63, 3.8) is 0 Å². The van der Waals surface area contributed by atoms with E-state index in [2.05, 4.69) is 11.0 Å². The van der Waals surface area contributed by atoms with Gasteiger partial charge in [0, 0.05) is 6.20 Å². The van der Waals surface area contributed by atoms with Gasteiger partial charge in [-0.25, -0.2) is 4.79 Å². The van der Waals surface area contributed by atoms with E-state index < -0.39 is 12.1 Å². The summed E-state index contributed by atoms with van der Waals surface area (Å²) in [6.07, 6.45) is 7.75. The third kappa shape index (κ3) is 3.46. The largest absolute Gasteiger partial charge is 0.446 e. The van der Waals surface area contributed by atoms with Crippen LogP contribution in [0.5, 0.6) is 0 Å². The number of hydrogen-bond donors (Lipinski definition) is 0. The molecule has 2 rings (SSSR count). The fraction of sp³-hybridized carbons (Fsp3) is 0.200. The van der Waals surface area contributed by atoms with Crippen molar-refractivity contribution in [2.24, 2.45) is 0 Å². The van der Waals surface area contributed by atoms with Gasteiger partial charge in [0.15, 0.2) is 6.10 Å². The van der Waals surface area contributed by atoms with E-state index in [4.69, 9.17) is 11.2 Å². The lowest BCUT2D eigenvalue weighted by Crippen LogP contribution is -2.12. The van der Waals surface area contributed by atoms with Gasteiger partial charge in [-0.1, -0.05) is 36.3 Å². The molecule has 0 radical (unpaired) electrons. The summed E-state index contributed by atoms with van der Waals surface area (Å²) < 4.78 is 6.71. The van der Waals surface area contributed by atoms with Crippen molar-refractivity contribution in [2.75, 3.05) is 0 Å². The molecule has 0 fully saturated rings. The van der Waals surface area contributed by atoms with Crippen LogP contribution >= 0.6 is 0 Å². The number of benzene rings is 1. The molecule has 96 valence electrons. The average Bonchev–Trinajstić information content (AvgIpc) is 2.88. The molecule has 0 aliphatic heterocycles. The molecule has 0 amide bonds. The zero-order valence-corrected chi connectivity index (χ0v) is 10.6. The molecule has 4 nitrogen and oxygen atoms in total. The molecule has 0 N–H and O–H groups in total. The minimum atomic E-state index is -0.537. The maximum absolute atomic E-state index is 11.7. The molecule has 0 aliphatic carbocycles. The molecule has 0 spiro atoms. The van der Waals surface area contributed by atoms with Crippen LogP contribution in [-0.2, 0) is 11.3 Å². The lowest BCUT2D eigenvalue weighted by atomic mass is 10.2. The molecule has 0 aliphatic rings. The van der Waals surface area contributed by atoms with Crippen LogP contribution in [0.1, 0.15) is 22.8 Å². The van der Waals surface area contributed by atoms with E-state index in [-0.39, 0.29) is 0 Å². The number of carbonyl (C=O) groups excluding carboxylic acids is 1. The van der Waals surface area contributed by atoms with Crippen LogP contribution in [0.4, 0.5) is 0 Å². The number of ether oxygens (including phenoxy) is 1. The van der Waals surface area contributed by atoms with E-state index in [1.165, 1.54) is 6.20 Å². The maximum Gasteiger partial charge on any atom is 0.342 e. The standard InChI is InChI=1S/C15H14N2O2/c1-3-12(2)19-15(18)14-9-16-17(11-14)10-13-7-5-4-6-8-13/h1,4-9,11-12H,10H2,2H3. The van der Waals surface area contributed by atoms with Crippen molar-refractivity contribution in [1.82, 2.24) is 9.78 Å². The zero-order chi connectivity index (χ0) is 13.7. The Balaban J connectivity index is 2.03. The summed E-state index contributed by atoms with van der Waals surface area (Å²) in [5.41, 5.74) is 1.51. The number of nitrogens with zero attached hydrogens (tertiary/aromatic N) is 2. The monoisotopic (exact) mass is 254 g/mol. The van der Waals surface area contributed by atoms with Gasteiger partial charge in [-0.05, 0) is 12.5 Å². The third-order valence-electron chi connectivity index (χ3n) is 2.57. The van der Waals surface area contributed by atoms with Crippen molar-refractivity contribution < 1.29 is 9.53 Å². The molecule has 2 aromatic rings. The first kappa shape index (κ1) is 12.9. The molecular weight excluding hydrogens is 240 g/mol. The summed E-state index contributed by atoms with van der Waals surface area (Å²) in [6.45, 7) is 2.26. The van der Waals surface area contributed by atoms with Crippen LogP contribution < -0.4 is 0 Å². The summed E-state index contributed by atoms with van der Waals surface area (Å²) in [5, 5.41) is 4.13. The number of rotatable bonds is 4. The Bertz CT molecular complexity index is 596. The SMILES string of the molecule is C#CC(C)OC(=O)c1cnn(Cc2ccccc2)c1. The summed E-state index contributed by atoms with van der Waals surface area (Å²) in [5.74, 6) is 1.89. The third-order valence-corrected chi connectivity index (χ3v) is 2.57. The summed E-state index contributed by atoms with van der Waals surface area (Å²) in [4.78, 5) is 11.7. The van der Waals surface area contributed by atoms with Gasteiger partial charge in [0.2, 0.25) is 0 Å². The van der Waals surface area contributed by atoms with Gasteiger partial charge in [-0.15, -0.1) is 6.42 Å². The molecule has 1 heterocycles. The topological polar surface area (TPSA) is 44.1 Å². The van der Waals surface area contributed by atoms with E-state index in [1.807, 2.05) is 30.3 Å². The quantitative estimate of drug-likeness (QED) is 0.620. The first-order valence-corrected chi connectivity index (χ1v) is 5.92. The Morgan fingerprint density at radius 2 is 2.21 bits per heavy atom. The molecule has 1 aromatic heterocycles. The number of aromatic nitrogens is 2. The average molecular weight is 254 g/mol. The van der Waals surface area contributed by atoms with Gasteiger partial charge in [0.1, 0.15) is 0 Å². The summed E-state index contributed by atoms with van der Waals surface area (Å²) in [7, 11) is 0. The van der Waals surface area contributed by atoms with Crippen molar-refractivity contribution in [1.29, 1.82) is 0 Å². The molecule has 1 unspecified atom stereocenters. The maximum atomic E-state index is 11.7. The highest BCUT2D eigenvalue weighted by molar-refractivity contribution is 5.89. The molecule has 1 aromatic carbocycles. The highest BCUT2D eigenvalue weighted by atomic mass is 16.5. The predicted molar refractivity (Wildman–Crippen MR) is 71.5 cm³/mol. The number of esters is 1. The molecule has 0 saturated heterocycles. The van der Waals surface area contributed by atoms with E-state index in [0.29, 0.717) is 12.1 Å². The van der Waals surface area contributed by atoms with Gasteiger partial charge in [0.05, 0.1) is 18.3 Å². The van der Waals surface area contributed by atoms with Gasteiger partial charge >= 0.3 is 5.97 Å². The Morgan fingerprint density at radius 3 is 2.89 bits per heavy atom. The number of terminal acetylenes is 1. The second-order valence-corrected chi connectivity index (χ2v) is 4.13. The van der Waals surface area contributed by atoms with Gasteiger partial charge < -0.3 is 4.74 Å². The zero-order valence-electron chi connectivity index (χ0n) is 10.6. The normalized spacial score (nSPS) is 11.6. The van der Waals surface area contributed by atoms with Crippen molar-refractivity contribution in [3.8, 4) is 12.3 Å². The first-order chi connectivity index (χ1) is 9.19. The lowest BCUT2D eigenvalue weighted by molar-refractivity contribution is 0.0438. The van der Waals surface area contributed by atoms with Crippen molar-refractivity contribution in [3.05, 3.63) is 53.9 Å². The van der Waals surface area contributed by atoms with E-state index in [1.54, 1.807) is 17.8 Å². The van der Waals surface area contributed by atoms with Crippen LogP contribution in [-0.4, -0.2) is 21.9 Å². The molecular formula is C15H14N2O2. The Hall–Kier alpha value is -2.54. The Morgan fingerprint density at radius 1 is 1.47 bits per heavy atom.